The number of aromatic hydroxyl groups is 1. The van der Waals surface area contributed by atoms with Gasteiger partial charge in [0.15, 0.2) is 23.1 Å². The Labute approximate surface area is 209 Å². The van der Waals surface area contributed by atoms with E-state index in [2.05, 4.69) is 0 Å². The first-order valence-corrected chi connectivity index (χ1v) is 12.3. The van der Waals surface area contributed by atoms with Gasteiger partial charge in [0, 0.05) is 23.0 Å². The van der Waals surface area contributed by atoms with Gasteiger partial charge in [0.2, 0.25) is 0 Å². The Morgan fingerprint density at radius 3 is 2.56 bits per heavy atom. The molecule has 1 aliphatic heterocycles. The predicted octanol–water partition coefficient (Wildman–Crippen LogP) is 4.21. The molecule has 36 heavy (non-hydrogen) atoms. The molecule has 2 aromatic rings. The van der Waals surface area contributed by atoms with Crippen LogP contribution in [0.15, 0.2) is 59.2 Å². The molecule has 3 N–H and O–H groups in total. The van der Waals surface area contributed by atoms with Crippen LogP contribution < -0.4 is 0 Å². The fourth-order valence-electron chi connectivity index (χ4n) is 6.14. The molecule has 2 aromatic carbocycles. The van der Waals surface area contributed by atoms with Crippen LogP contribution in [0, 0.1) is 23.6 Å². The number of carbonyl (C=O) groups excluding carboxylic acids is 2. The van der Waals surface area contributed by atoms with Crippen molar-refractivity contribution in [1.82, 2.24) is 0 Å². The highest BCUT2D eigenvalue weighted by molar-refractivity contribution is 6.43. The number of hydrogen-bond acceptors (Lipinski definition) is 6. The smallest absolute Gasteiger partial charge is 0.455 e. The first-order valence-electron chi connectivity index (χ1n) is 12.3. The van der Waals surface area contributed by atoms with Gasteiger partial charge >= 0.3 is 7.12 Å². The number of phenolic OH excluding ortho intramolecular Hbond substituents is 1. The van der Waals surface area contributed by atoms with E-state index in [-0.39, 0.29) is 30.4 Å². The maximum atomic E-state index is 13.7. The maximum absolute atomic E-state index is 13.7. The van der Waals surface area contributed by atoms with Crippen molar-refractivity contribution in [3.63, 3.8) is 0 Å². The molecule has 0 spiro atoms. The van der Waals surface area contributed by atoms with Gasteiger partial charge in [-0.1, -0.05) is 42.0 Å². The van der Waals surface area contributed by atoms with Crippen molar-refractivity contribution in [2.45, 2.75) is 38.6 Å². The molecule has 4 atom stereocenters. The number of benzene rings is 2. The third-order valence-corrected chi connectivity index (χ3v) is 7.74. The molecule has 0 aromatic heterocycles. The minimum atomic E-state index is -1.09. The number of aliphatic hydroxyl groups is 1. The fraction of sp³-hybridized carbons (Fsp3) is 0.357. The molecule has 1 heterocycles. The van der Waals surface area contributed by atoms with Crippen molar-refractivity contribution < 1.29 is 33.9 Å². The molecule has 5 rings (SSSR count). The number of fused-ring (bicyclic) bond motifs is 4. The van der Waals surface area contributed by atoms with E-state index in [9.17, 15) is 29.2 Å². The number of allylic oxidation sites excluding steroid dienone is 1. The molecule has 1 saturated heterocycles. The third-order valence-electron chi connectivity index (χ3n) is 7.74. The highest BCUT2D eigenvalue weighted by atomic mass is 19.1. The summed E-state index contributed by atoms with van der Waals surface area (Å²) in [5, 5.41) is 30.2. The quantitative estimate of drug-likeness (QED) is 0.429. The number of Topliss-reactive ketones (excluding diaryl/α,β-unsaturated/α-hetero) is 2. The van der Waals surface area contributed by atoms with Crippen molar-refractivity contribution in [2.24, 2.45) is 17.8 Å². The monoisotopic (exact) mass is 490 g/mol. The second-order valence-electron chi connectivity index (χ2n) is 9.99. The summed E-state index contributed by atoms with van der Waals surface area (Å²) in [6.07, 6.45) is 2.85. The van der Waals surface area contributed by atoms with Crippen LogP contribution in [0.25, 0.3) is 6.08 Å². The molecule has 0 radical (unpaired) electrons. The van der Waals surface area contributed by atoms with E-state index in [1.807, 2.05) is 13.0 Å². The van der Waals surface area contributed by atoms with Crippen molar-refractivity contribution in [1.29, 1.82) is 0 Å². The summed E-state index contributed by atoms with van der Waals surface area (Å²) in [4.78, 5) is 26.9. The lowest BCUT2D eigenvalue weighted by atomic mass is 9.54. The summed E-state index contributed by atoms with van der Waals surface area (Å²) in [7, 11) is -1.09. The first kappa shape index (κ1) is 24.6. The Hall–Kier alpha value is -3.07. The second-order valence-corrected chi connectivity index (χ2v) is 9.99. The Balaban J connectivity index is 1.43. The van der Waals surface area contributed by atoms with E-state index in [1.54, 1.807) is 30.3 Å². The number of ketones is 2. The topological polar surface area (TPSA) is 104 Å². The van der Waals surface area contributed by atoms with Gasteiger partial charge in [-0.15, -0.1) is 0 Å². The van der Waals surface area contributed by atoms with Crippen LogP contribution in [-0.4, -0.2) is 46.6 Å². The minimum Gasteiger partial charge on any atom is -0.505 e. The third kappa shape index (κ3) is 4.34. The summed E-state index contributed by atoms with van der Waals surface area (Å²) in [5.41, 5.74) is 3.95. The van der Waals surface area contributed by atoms with E-state index >= 15 is 0 Å². The Morgan fingerprint density at radius 1 is 1.14 bits per heavy atom. The molecule has 2 aliphatic carbocycles. The molecular weight excluding hydrogens is 462 g/mol. The van der Waals surface area contributed by atoms with Gasteiger partial charge < -0.3 is 19.9 Å². The van der Waals surface area contributed by atoms with Gasteiger partial charge in [-0.2, -0.15) is 0 Å². The highest BCUT2D eigenvalue weighted by Gasteiger charge is 2.53. The van der Waals surface area contributed by atoms with Crippen LogP contribution >= 0.6 is 0 Å². The molecule has 8 heteroatoms. The predicted molar refractivity (Wildman–Crippen MR) is 133 cm³/mol. The van der Waals surface area contributed by atoms with Gasteiger partial charge in [0.1, 0.15) is 0 Å². The lowest BCUT2D eigenvalue weighted by Crippen LogP contribution is -2.51. The molecule has 0 unspecified atom stereocenters. The lowest BCUT2D eigenvalue weighted by molar-refractivity contribution is 0.0590. The van der Waals surface area contributed by atoms with Crippen LogP contribution in [0.4, 0.5) is 4.39 Å². The van der Waals surface area contributed by atoms with Crippen molar-refractivity contribution >= 4 is 24.8 Å². The molecule has 0 bridgehead atoms. The van der Waals surface area contributed by atoms with Crippen LogP contribution in [-0.2, 0) is 4.65 Å². The van der Waals surface area contributed by atoms with Crippen molar-refractivity contribution in [3.05, 3.63) is 81.7 Å². The Morgan fingerprint density at radius 2 is 1.86 bits per heavy atom. The van der Waals surface area contributed by atoms with E-state index in [4.69, 9.17) is 4.65 Å². The van der Waals surface area contributed by atoms with Crippen molar-refractivity contribution in [3.8, 4) is 5.75 Å². The average molecular weight is 490 g/mol. The molecule has 3 aliphatic rings. The van der Waals surface area contributed by atoms with Crippen LogP contribution in [0.5, 0.6) is 5.75 Å². The zero-order valence-electron chi connectivity index (χ0n) is 20.0. The van der Waals surface area contributed by atoms with Gasteiger partial charge in [0.25, 0.3) is 0 Å². The van der Waals surface area contributed by atoms with Crippen LogP contribution in [0.2, 0.25) is 6.32 Å². The van der Waals surface area contributed by atoms with Gasteiger partial charge in [-0.3, -0.25) is 9.59 Å². The van der Waals surface area contributed by atoms with E-state index in [1.165, 1.54) is 12.1 Å². The largest absolute Gasteiger partial charge is 0.505 e. The fourth-order valence-corrected chi connectivity index (χ4v) is 6.14. The molecule has 6 nitrogen and oxygen atoms in total. The summed E-state index contributed by atoms with van der Waals surface area (Å²) < 4.78 is 19.6. The summed E-state index contributed by atoms with van der Waals surface area (Å²) in [5.74, 6) is -2.81. The summed E-state index contributed by atoms with van der Waals surface area (Å²) in [6, 6.07) is 11.0. The first-order chi connectivity index (χ1) is 17.3. The highest BCUT2D eigenvalue weighted by Crippen LogP contribution is 2.50. The summed E-state index contributed by atoms with van der Waals surface area (Å²) >= 11 is 0. The Kier molecular flexibility index (Phi) is 6.68. The number of halogens is 1. The number of phenols is 1. The SMILES string of the molecule is C/C(=C\c1ccc(O)c(F)c1)CC[C@H]1OB(O)C[C@H]2C1=C(CO)C[C@H]1C(=O)c3ccccc3C(=O)[C@H]12. The van der Waals surface area contributed by atoms with E-state index in [0.29, 0.717) is 41.5 Å². The van der Waals surface area contributed by atoms with Crippen molar-refractivity contribution in [2.75, 3.05) is 6.61 Å². The van der Waals surface area contributed by atoms with Gasteiger partial charge in [-0.05, 0) is 67.3 Å². The Bertz CT molecular complexity index is 1280. The second kappa shape index (κ2) is 9.77. The standard InChI is InChI=1S/C28H28BFO6/c1-15(10-16-7-8-23(32)22(30)11-16)6-9-24-25-17(14-31)12-20-26(21(25)13-29(35)36-24)28(34)19-5-3-2-4-18(19)27(20)33/h2-5,7-8,10-11,20-21,24,26,31-32,35H,6,9,12-14H2,1H3/b15-10+/t20-,21+,24-,26-/m1/s1. The molecular formula is C28H28BFO6. The number of hydrogen-bond donors (Lipinski definition) is 3. The van der Waals surface area contributed by atoms with Gasteiger partial charge in [0.05, 0.1) is 12.7 Å². The molecule has 186 valence electrons. The van der Waals surface area contributed by atoms with E-state index in [0.717, 1.165) is 11.1 Å². The maximum Gasteiger partial charge on any atom is 0.455 e. The zero-order chi connectivity index (χ0) is 25.6. The average Bonchev–Trinajstić information content (AvgIpc) is 2.87. The van der Waals surface area contributed by atoms with E-state index < -0.39 is 36.6 Å². The molecule has 1 fully saturated rings. The number of carbonyl (C=O) groups is 2. The van der Waals surface area contributed by atoms with Crippen LogP contribution in [0.1, 0.15) is 52.5 Å². The summed E-state index contributed by atoms with van der Waals surface area (Å²) in [6.45, 7) is 1.66. The molecule has 0 saturated carbocycles. The number of aliphatic hydroxyl groups excluding tert-OH is 1. The van der Waals surface area contributed by atoms with Gasteiger partial charge in [-0.25, -0.2) is 4.39 Å². The normalized spacial score (nSPS) is 26.0. The number of rotatable bonds is 5. The minimum absolute atomic E-state index is 0.0855. The zero-order valence-corrected chi connectivity index (χ0v) is 20.0. The lowest BCUT2D eigenvalue weighted by Gasteiger charge is -2.47. The van der Waals surface area contributed by atoms with Crippen LogP contribution in [0.3, 0.4) is 0 Å². The molecule has 0 amide bonds.